The summed E-state index contributed by atoms with van der Waals surface area (Å²) in [5.41, 5.74) is 1.87. The molecule has 1 aromatic carbocycles. The summed E-state index contributed by atoms with van der Waals surface area (Å²) in [6, 6.07) is 5.69. The van der Waals surface area contributed by atoms with E-state index in [0.717, 1.165) is 37.3 Å². The van der Waals surface area contributed by atoms with E-state index in [1.165, 1.54) is 0 Å². The van der Waals surface area contributed by atoms with Gasteiger partial charge in [-0.2, -0.15) is 0 Å². The molecule has 1 aromatic rings. The Morgan fingerprint density at radius 3 is 2.50 bits per heavy atom. The molecule has 0 atom stereocenters. The Bertz CT molecular complexity index is 369. The van der Waals surface area contributed by atoms with E-state index in [1.807, 2.05) is 18.2 Å². The number of para-hydroxylation sites is 1. The van der Waals surface area contributed by atoms with Crippen molar-refractivity contribution in [1.29, 1.82) is 0 Å². The molecular weight excluding hydrogens is 248 g/mol. The molecule has 18 heavy (non-hydrogen) atoms. The molecular formula is C14H23ClN2O. The molecule has 0 bridgehead atoms. The van der Waals surface area contributed by atoms with E-state index in [4.69, 9.17) is 11.6 Å². The quantitative estimate of drug-likeness (QED) is 0.825. The summed E-state index contributed by atoms with van der Waals surface area (Å²) in [5.74, 6) is 0. The van der Waals surface area contributed by atoms with Crippen LogP contribution in [0.15, 0.2) is 18.2 Å². The van der Waals surface area contributed by atoms with Gasteiger partial charge in [-0.1, -0.05) is 23.7 Å². The average Bonchev–Trinajstić information content (AvgIpc) is 2.34. The Morgan fingerprint density at radius 1 is 1.22 bits per heavy atom. The number of benzene rings is 1. The Balaban J connectivity index is 2.81. The number of aliphatic hydroxyl groups is 1. The lowest BCUT2D eigenvalue weighted by atomic mass is 10.1. The number of hydrogen-bond donors (Lipinski definition) is 1. The zero-order valence-electron chi connectivity index (χ0n) is 11.5. The van der Waals surface area contributed by atoms with Gasteiger partial charge in [-0.3, -0.25) is 0 Å². The maximum Gasteiger partial charge on any atom is 0.0702 e. The summed E-state index contributed by atoms with van der Waals surface area (Å²) in [5, 5.41) is 10.1. The van der Waals surface area contributed by atoms with Gasteiger partial charge in [0.25, 0.3) is 0 Å². The largest absolute Gasteiger partial charge is 0.392 e. The van der Waals surface area contributed by atoms with Crippen molar-refractivity contribution in [2.24, 2.45) is 0 Å². The van der Waals surface area contributed by atoms with Gasteiger partial charge in [0.05, 0.1) is 17.3 Å². The minimum atomic E-state index is 0.0279. The van der Waals surface area contributed by atoms with Gasteiger partial charge in [0.2, 0.25) is 0 Å². The molecule has 0 fully saturated rings. The summed E-state index contributed by atoms with van der Waals surface area (Å²) in [6.45, 7) is 5.03. The van der Waals surface area contributed by atoms with Crippen molar-refractivity contribution in [3.8, 4) is 0 Å². The van der Waals surface area contributed by atoms with Crippen LogP contribution in [0.4, 0.5) is 5.69 Å². The second-order valence-electron chi connectivity index (χ2n) is 4.64. The molecule has 1 rings (SSSR count). The topological polar surface area (TPSA) is 26.7 Å². The van der Waals surface area contributed by atoms with Crippen LogP contribution in [0.3, 0.4) is 0 Å². The lowest BCUT2D eigenvalue weighted by molar-refractivity contribution is 0.282. The normalized spacial score (nSPS) is 11.0. The number of rotatable bonds is 7. The van der Waals surface area contributed by atoms with Crippen LogP contribution < -0.4 is 4.90 Å². The molecule has 0 saturated carbocycles. The lowest BCUT2D eigenvalue weighted by Crippen LogP contribution is -2.28. The molecule has 0 aliphatic carbocycles. The number of anilines is 1. The Hall–Kier alpha value is -0.770. The van der Waals surface area contributed by atoms with E-state index < -0.39 is 0 Å². The van der Waals surface area contributed by atoms with Crippen molar-refractivity contribution in [2.45, 2.75) is 20.0 Å². The summed E-state index contributed by atoms with van der Waals surface area (Å²) >= 11 is 6.26. The summed E-state index contributed by atoms with van der Waals surface area (Å²) in [4.78, 5) is 4.41. The van der Waals surface area contributed by atoms with E-state index in [-0.39, 0.29) is 6.61 Å². The zero-order valence-corrected chi connectivity index (χ0v) is 12.2. The Labute approximate surface area is 115 Å². The van der Waals surface area contributed by atoms with Crippen LogP contribution in [0.5, 0.6) is 0 Å². The minimum Gasteiger partial charge on any atom is -0.392 e. The van der Waals surface area contributed by atoms with Crippen molar-refractivity contribution in [3.63, 3.8) is 0 Å². The molecule has 0 amide bonds. The molecule has 0 radical (unpaired) electrons. The first kappa shape index (κ1) is 15.3. The number of aliphatic hydroxyl groups excluding tert-OH is 1. The van der Waals surface area contributed by atoms with Gasteiger partial charge in [-0.15, -0.1) is 0 Å². The van der Waals surface area contributed by atoms with Crippen molar-refractivity contribution < 1.29 is 5.11 Å². The van der Waals surface area contributed by atoms with Crippen LogP contribution in [0, 0.1) is 0 Å². The SMILES string of the molecule is CCN(CCCN(C)C)c1c(Cl)cccc1CO. The van der Waals surface area contributed by atoms with Gasteiger partial charge in [-0.25, -0.2) is 0 Å². The standard InChI is InChI=1S/C14H23ClN2O/c1-4-17(10-6-9-16(2)3)14-12(11-18)7-5-8-13(14)15/h5,7-8,18H,4,6,9-11H2,1-3H3. The van der Waals surface area contributed by atoms with Gasteiger partial charge < -0.3 is 14.9 Å². The predicted octanol–water partition coefficient (Wildman–Crippen LogP) is 2.61. The van der Waals surface area contributed by atoms with E-state index in [1.54, 1.807) is 0 Å². The first-order valence-corrected chi connectivity index (χ1v) is 6.75. The smallest absolute Gasteiger partial charge is 0.0702 e. The highest BCUT2D eigenvalue weighted by molar-refractivity contribution is 6.33. The molecule has 1 N–H and O–H groups in total. The third kappa shape index (κ3) is 4.16. The van der Waals surface area contributed by atoms with E-state index in [2.05, 4.69) is 30.8 Å². The van der Waals surface area contributed by atoms with Gasteiger partial charge in [0.15, 0.2) is 0 Å². The lowest BCUT2D eigenvalue weighted by Gasteiger charge is -2.27. The molecule has 0 aliphatic rings. The van der Waals surface area contributed by atoms with Gasteiger partial charge >= 0.3 is 0 Å². The first-order valence-electron chi connectivity index (χ1n) is 6.38. The molecule has 102 valence electrons. The third-order valence-electron chi connectivity index (χ3n) is 2.97. The van der Waals surface area contributed by atoms with Gasteiger partial charge in [0, 0.05) is 18.7 Å². The van der Waals surface area contributed by atoms with Crippen molar-refractivity contribution in [3.05, 3.63) is 28.8 Å². The monoisotopic (exact) mass is 270 g/mol. The van der Waals surface area contributed by atoms with Crippen LogP contribution in [0.25, 0.3) is 0 Å². The fourth-order valence-electron chi connectivity index (χ4n) is 2.05. The fourth-order valence-corrected chi connectivity index (χ4v) is 2.36. The third-order valence-corrected chi connectivity index (χ3v) is 3.28. The second-order valence-corrected chi connectivity index (χ2v) is 5.05. The van der Waals surface area contributed by atoms with Crippen molar-refractivity contribution >= 4 is 17.3 Å². The predicted molar refractivity (Wildman–Crippen MR) is 78.4 cm³/mol. The molecule has 0 spiro atoms. The first-order chi connectivity index (χ1) is 8.60. The highest BCUT2D eigenvalue weighted by atomic mass is 35.5. The highest BCUT2D eigenvalue weighted by Gasteiger charge is 2.12. The minimum absolute atomic E-state index is 0.0279. The zero-order chi connectivity index (χ0) is 13.5. The van der Waals surface area contributed by atoms with Crippen LogP contribution in [0.2, 0.25) is 5.02 Å². The fraction of sp³-hybridized carbons (Fsp3) is 0.571. The second kappa shape index (κ2) is 7.62. The van der Waals surface area contributed by atoms with Gasteiger partial charge in [0.1, 0.15) is 0 Å². The number of halogens is 1. The Kier molecular flexibility index (Phi) is 6.47. The van der Waals surface area contributed by atoms with Crippen molar-refractivity contribution in [1.82, 2.24) is 4.90 Å². The molecule has 0 aromatic heterocycles. The maximum atomic E-state index is 9.41. The average molecular weight is 271 g/mol. The summed E-state index contributed by atoms with van der Waals surface area (Å²) < 4.78 is 0. The maximum absolute atomic E-state index is 9.41. The van der Waals surface area contributed by atoms with Crippen LogP contribution in [-0.4, -0.2) is 43.7 Å². The van der Waals surface area contributed by atoms with E-state index >= 15 is 0 Å². The molecule has 0 unspecified atom stereocenters. The number of hydrogen-bond acceptors (Lipinski definition) is 3. The molecule has 0 heterocycles. The molecule has 3 nitrogen and oxygen atoms in total. The van der Waals surface area contributed by atoms with Crippen LogP contribution in [-0.2, 0) is 6.61 Å². The number of nitrogens with zero attached hydrogens (tertiary/aromatic N) is 2. The van der Waals surface area contributed by atoms with Crippen LogP contribution >= 0.6 is 11.6 Å². The van der Waals surface area contributed by atoms with E-state index in [0.29, 0.717) is 5.02 Å². The van der Waals surface area contributed by atoms with E-state index in [9.17, 15) is 5.11 Å². The summed E-state index contributed by atoms with van der Waals surface area (Å²) in [7, 11) is 4.15. The summed E-state index contributed by atoms with van der Waals surface area (Å²) in [6.07, 6.45) is 1.08. The molecule has 4 heteroatoms. The Morgan fingerprint density at radius 2 is 1.94 bits per heavy atom. The van der Waals surface area contributed by atoms with Gasteiger partial charge in [-0.05, 0) is 40.1 Å². The molecule has 0 aliphatic heterocycles. The highest BCUT2D eigenvalue weighted by Crippen LogP contribution is 2.30. The van der Waals surface area contributed by atoms with Crippen molar-refractivity contribution in [2.75, 3.05) is 38.6 Å². The van der Waals surface area contributed by atoms with Crippen LogP contribution in [0.1, 0.15) is 18.9 Å². The molecule has 0 saturated heterocycles.